The lowest BCUT2D eigenvalue weighted by Gasteiger charge is -2.19. The van der Waals surface area contributed by atoms with E-state index in [1.165, 1.54) is 16.9 Å². The minimum absolute atomic E-state index is 0.0734. The Bertz CT molecular complexity index is 1680. The van der Waals surface area contributed by atoms with E-state index in [0.717, 1.165) is 25.9 Å². The molecule has 5 aromatic rings. The van der Waals surface area contributed by atoms with Crippen LogP contribution >= 0.6 is 33.9 Å². The molecule has 0 aliphatic rings. The van der Waals surface area contributed by atoms with Gasteiger partial charge in [0, 0.05) is 0 Å². The number of ether oxygens (including phenoxy) is 3. The number of aromatic nitrogens is 2. The molecule has 0 radical (unpaired) electrons. The SMILES string of the molecule is COc1cc(/C=c2\sc3nc4ccccc4n3c2=O)cc(I)c1OCCOc1ccc(C(C)(C)C)cc1. The van der Waals surface area contributed by atoms with Gasteiger partial charge in [-0.3, -0.25) is 4.79 Å². The number of halogens is 1. The molecule has 0 saturated heterocycles. The molecule has 0 atom stereocenters. The predicted octanol–water partition coefficient (Wildman–Crippen LogP) is 5.83. The van der Waals surface area contributed by atoms with Crippen molar-refractivity contribution in [2.75, 3.05) is 20.3 Å². The highest BCUT2D eigenvalue weighted by Gasteiger charge is 2.15. The van der Waals surface area contributed by atoms with Gasteiger partial charge in [0.15, 0.2) is 16.5 Å². The van der Waals surface area contributed by atoms with E-state index >= 15 is 0 Å². The summed E-state index contributed by atoms with van der Waals surface area (Å²) in [5.74, 6) is 2.07. The van der Waals surface area contributed by atoms with Gasteiger partial charge in [0.1, 0.15) is 19.0 Å². The maximum absolute atomic E-state index is 13.1. The van der Waals surface area contributed by atoms with Crippen molar-refractivity contribution in [3.05, 3.63) is 90.2 Å². The number of imidazole rings is 1. The Hall–Kier alpha value is -3.11. The summed E-state index contributed by atoms with van der Waals surface area (Å²) in [6, 6.07) is 19.7. The first kappa shape index (κ1) is 25.5. The monoisotopic (exact) mass is 626 g/mol. The molecular formula is C29H27IN2O4S. The van der Waals surface area contributed by atoms with Crippen LogP contribution in [-0.2, 0) is 5.41 Å². The number of nitrogens with zero attached hydrogens (tertiary/aromatic N) is 2. The fourth-order valence-corrected chi connectivity index (χ4v) is 5.85. The molecule has 0 unspecified atom stereocenters. The number of hydrogen-bond acceptors (Lipinski definition) is 6. The standard InChI is InChI=1S/C29H27IN2O4S/c1-29(2,3)19-9-11-20(12-10-19)35-13-14-36-26-21(30)15-18(16-24(26)34-4)17-25-27(33)32-23-8-6-5-7-22(23)31-28(32)37-25/h5-12,15-17H,13-14H2,1-4H3/b25-17-. The van der Waals surface area contributed by atoms with E-state index in [4.69, 9.17) is 14.2 Å². The van der Waals surface area contributed by atoms with Crippen LogP contribution in [0.2, 0.25) is 0 Å². The molecule has 2 aromatic heterocycles. The van der Waals surface area contributed by atoms with Crippen molar-refractivity contribution in [1.82, 2.24) is 9.38 Å². The third-order valence-corrected chi connectivity index (χ3v) is 7.78. The number of rotatable bonds is 7. The molecule has 0 saturated carbocycles. The zero-order valence-corrected chi connectivity index (χ0v) is 24.1. The largest absolute Gasteiger partial charge is 0.493 e. The molecular weight excluding hydrogens is 599 g/mol. The highest BCUT2D eigenvalue weighted by molar-refractivity contribution is 14.1. The average Bonchev–Trinajstić information content (AvgIpc) is 3.38. The van der Waals surface area contributed by atoms with Gasteiger partial charge in [-0.1, -0.05) is 56.4 Å². The smallest absolute Gasteiger partial charge is 0.274 e. The summed E-state index contributed by atoms with van der Waals surface area (Å²) < 4.78 is 20.7. The van der Waals surface area contributed by atoms with Crippen molar-refractivity contribution >= 4 is 56.0 Å². The van der Waals surface area contributed by atoms with Crippen molar-refractivity contribution < 1.29 is 14.2 Å². The highest BCUT2D eigenvalue weighted by atomic mass is 127. The molecule has 0 aliphatic carbocycles. The summed E-state index contributed by atoms with van der Waals surface area (Å²) in [6.07, 6.45) is 1.87. The van der Waals surface area contributed by atoms with E-state index in [9.17, 15) is 4.79 Å². The lowest BCUT2D eigenvalue weighted by Crippen LogP contribution is -2.22. The third kappa shape index (κ3) is 5.31. The second-order valence-electron chi connectivity index (χ2n) is 9.64. The molecule has 37 heavy (non-hydrogen) atoms. The molecule has 3 aromatic carbocycles. The summed E-state index contributed by atoms with van der Waals surface area (Å²) in [7, 11) is 1.61. The van der Waals surface area contributed by atoms with Crippen LogP contribution in [0.25, 0.3) is 22.1 Å². The summed E-state index contributed by atoms with van der Waals surface area (Å²) in [5, 5.41) is 0. The molecule has 0 spiro atoms. The Labute approximate surface area is 232 Å². The molecule has 0 N–H and O–H groups in total. The second-order valence-corrected chi connectivity index (χ2v) is 11.8. The number of thiazole rings is 1. The molecule has 2 heterocycles. The van der Waals surface area contributed by atoms with Crippen molar-refractivity contribution in [3.8, 4) is 17.2 Å². The van der Waals surface area contributed by atoms with E-state index in [1.54, 1.807) is 11.5 Å². The van der Waals surface area contributed by atoms with Gasteiger partial charge < -0.3 is 14.2 Å². The maximum Gasteiger partial charge on any atom is 0.274 e. The average molecular weight is 627 g/mol. The quantitative estimate of drug-likeness (QED) is 0.168. The minimum Gasteiger partial charge on any atom is -0.493 e. The van der Waals surface area contributed by atoms with Crippen molar-refractivity contribution in [2.24, 2.45) is 0 Å². The van der Waals surface area contributed by atoms with Gasteiger partial charge >= 0.3 is 0 Å². The van der Waals surface area contributed by atoms with Crippen LogP contribution in [0, 0.1) is 3.57 Å². The topological polar surface area (TPSA) is 62.1 Å². The number of benzene rings is 3. The summed E-state index contributed by atoms with van der Waals surface area (Å²) in [6.45, 7) is 7.35. The van der Waals surface area contributed by atoms with Crippen molar-refractivity contribution in [2.45, 2.75) is 26.2 Å². The number of fused-ring (bicyclic) bond motifs is 3. The molecule has 0 bridgehead atoms. The molecule has 5 rings (SSSR count). The number of hydrogen-bond donors (Lipinski definition) is 0. The number of methoxy groups -OCH3 is 1. The lowest BCUT2D eigenvalue weighted by molar-refractivity contribution is 0.210. The summed E-state index contributed by atoms with van der Waals surface area (Å²) >= 11 is 3.60. The summed E-state index contributed by atoms with van der Waals surface area (Å²) in [5.41, 5.74) is 3.80. The van der Waals surface area contributed by atoms with Gasteiger partial charge in [-0.05, 0) is 81.6 Å². The first-order chi connectivity index (χ1) is 17.7. The van der Waals surface area contributed by atoms with Gasteiger partial charge in [-0.15, -0.1) is 0 Å². The molecule has 190 valence electrons. The Kier molecular flexibility index (Phi) is 7.13. The highest BCUT2D eigenvalue weighted by Crippen LogP contribution is 2.34. The van der Waals surface area contributed by atoms with E-state index in [2.05, 4.69) is 60.5 Å². The zero-order valence-electron chi connectivity index (χ0n) is 21.1. The van der Waals surface area contributed by atoms with E-state index in [0.29, 0.717) is 34.2 Å². The van der Waals surface area contributed by atoms with E-state index in [-0.39, 0.29) is 11.0 Å². The van der Waals surface area contributed by atoms with Gasteiger partial charge in [0.2, 0.25) is 0 Å². The Morgan fingerprint density at radius 2 is 1.76 bits per heavy atom. The Morgan fingerprint density at radius 3 is 2.49 bits per heavy atom. The van der Waals surface area contributed by atoms with Crippen LogP contribution in [-0.4, -0.2) is 29.7 Å². The Morgan fingerprint density at radius 1 is 1.03 bits per heavy atom. The predicted molar refractivity (Wildman–Crippen MR) is 157 cm³/mol. The van der Waals surface area contributed by atoms with Crippen LogP contribution in [0.5, 0.6) is 17.2 Å². The third-order valence-electron chi connectivity index (χ3n) is 6.01. The van der Waals surface area contributed by atoms with Gasteiger partial charge in [0.05, 0.1) is 26.2 Å². The van der Waals surface area contributed by atoms with Crippen molar-refractivity contribution in [1.29, 1.82) is 0 Å². The zero-order chi connectivity index (χ0) is 26.2. The van der Waals surface area contributed by atoms with Crippen molar-refractivity contribution in [3.63, 3.8) is 0 Å². The van der Waals surface area contributed by atoms with E-state index in [1.807, 2.05) is 54.6 Å². The fourth-order valence-electron chi connectivity index (χ4n) is 4.08. The number of para-hydroxylation sites is 2. The van der Waals surface area contributed by atoms with Gasteiger partial charge in [-0.25, -0.2) is 9.38 Å². The lowest BCUT2D eigenvalue weighted by atomic mass is 9.87. The van der Waals surface area contributed by atoms with Crippen LogP contribution in [0.15, 0.2) is 65.5 Å². The first-order valence-electron chi connectivity index (χ1n) is 11.9. The second kappa shape index (κ2) is 10.3. The maximum atomic E-state index is 13.1. The molecule has 0 amide bonds. The van der Waals surface area contributed by atoms with E-state index < -0.39 is 0 Å². The molecule has 0 aliphatic heterocycles. The normalized spacial score (nSPS) is 12.4. The first-order valence-corrected chi connectivity index (χ1v) is 13.8. The van der Waals surface area contributed by atoms with Gasteiger partial charge in [-0.2, -0.15) is 0 Å². The minimum atomic E-state index is -0.0734. The molecule has 8 heteroatoms. The van der Waals surface area contributed by atoms with Crippen LogP contribution in [0.4, 0.5) is 0 Å². The van der Waals surface area contributed by atoms with Crippen LogP contribution in [0.3, 0.4) is 0 Å². The van der Waals surface area contributed by atoms with Crippen LogP contribution in [0.1, 0.15) is 31.9 Å². The van der Waals surface area contributed by atoms with Gasteiger partial charge in [0.25, 0.3) is 5.56 Å². The fraction of sp³-hybridized carbons (Fsp3) is 0.241. The Balaban J connectivity index is 1.32. The molecule has 0 fully saturated rings. The molecule has 6 nitrogen and oxygen atoms in total. The van der Waals surface area contributed by atoms with Crippen LogP contribution < -0.4 is 24.3 Å². The summed E-state index contributed by atoms with van der Waals surface area (Å²) in [4.78, 5) is 18.4.